The molecule has 0 aliphatic rings. The molecule has 0 atom stereocenters. The molecule has 0 spiro atoms. The van der Waals surface area contributed by atoms with E-state index in [4.69, 9.17) is 15.2 Å². The third kappa shape index (κ3) is 2.98. The van der Waals surface area contributed by atoms with Crippen molar-refractivity contribution in [2.75, 3.05) is 12.8 Å². The zero-order chi connectivity index (χ0) is 14.0. The second kappa shape index (κ2) is 5.48. The largest absolute Gasteiger partial charge is 0.494 e. The molecule has 19 heavy (non-hydrogen) atoms. The fourth-order valence-corrected chi connectivity index (χ4v) is 1.95. The monoisotopic (exact) mass is 325 g/mol. The van der Waals surface area contributed by atoms with Gasteiger partial charge in [-0.25, -0.2) is 4.39 Å². The summed E-state index contributed by atoms with van der Waals surface area (Å²) in [5.74, 6) is 0.495. The highest BCUT2D eigenvalue weighted by Crippen LogP contribution is 2.34. The molecular formula is C14H13BrFNO2. The Labute approximate surface area is 119 Å². The van der Waals surface area contributed by atoms with E-state index in [0.29, 0.717) is 11.5 Å². The third-order valence-corrected chi connectivity index (χ3v) is 3.15. The lowest BCUT2D eigenvalue weighted by atomic mass is 10.2. The number of hydrogen-bond donors (Lipinski definition) is 1. The van der Waals surface area contributed by atoms with E-state index in [1.54, 1.807) is 6.07 Å². The topological polar surface area (TPSA) is 44.5 Å². The van der Waals surface area contributed by atoms with E-state index in [-0.39, 0.29) is 11.4 Å². The third-order valence-electron chi connectivity index (χ3n) is 2.65. The van der Waals surface area contributed by atoms with Crippen LogP contribution < -0.4 is 15.2 Å². The number of rotatable bonds is 3. The van der Waals surface area contributed by atoms with Gasteiger partial charge >= 0.3 is 0 Å². The summed E-state index contributed by atoms with van der Waals surface area (Å²) in [6.07, 6.45) is 0. The SMILES string of the molecule is COc1cc(Oc2cc(Br)ccc2C)c(F)cc1N. The number of aryl methyl sites for hydroxylation is 1. The molecule has 3 nitrogen and oxygen atoms in total. The maximum absolute atomic E-state index is 13.8. The minimum atomic E-state index is -0.530. The number of methoxy groups -OCH3 is 1. The molecule has 0 saturated carbocycles. The van der Waals surface area contributed by atoms with E-state index in [1.807, 2.05) is 19.1 Å². The first-order chi connectivity index (χ1) is 9.01. The van der Waals surface area contributed by atoms with Gasteiger partial charge in [0.05, 0.1) is 12.8 Å². The van der Waals surface area contributed by atoms with Gasteiger partial charge in [-0.15, -0.1) is 0 Å². The molecule has 0 bridgehead atoms. The predicted octanol–water partition coefficient (Wildman–Crippen LogP) is 4.28. The molecule has 2 aromatic rings. The lowest BCUT2D eigenvalue weighted by molar-refractivity contribution is 0.402. The van der Waals surface area contributed by atoms with Crippen molar-refractivity contribution >= 4 is 21.6 Å². The molecule has 0 saturated heterocycles. The Hall–Kier alpha value is -1.75. The van der Waals surface area contributed by atoms with Crippen LogP contribution in [0.4, 0.5) is 10.1 Å². The fourth-order valence-electron chi connectivity index (χ4n) is 1.61. The molecule has 0 amide bonds. The van der Waals surface area contributed by atoms with E-state index in [0.717, 1.165) is 10.0 Å². The van der Waals surface area contributed by atoms with Gasteiger partial charge in [0, 0.05) is 16.6 Å². The molecule has 2 rings (SSSR count). The Bertz CT molecular complexity index is 617. The van der Waals surface area contributed by atoms with Crippen LogP contribution in [0.25, 0.3) is 0 Å². The van der Waals surface area contributed by atoms with Crippen LogP contribution in [-0.4, -0.2) is 7.11 Å². The van der Waals surface area contributed by atoms with Gasteiger partial charge in [0.25, 0.3) is 0 Å². The molecular weight excluding hydrogens is 313 g/mol. The van der Waals surface area contributed by atoms with Gasteiger partial charge < -0.3 is 15.2 Å². The molecule has 0 aliphatic carbocycles. The lowest BCUT2D eigenvalue weighted by Gasteiger charge is -2.12. The molecule has 0 radical (unpaired) electrons. The maximum Gasteiger partial charge on any atom is 0.168 e. The Balaban J connectivity index is 2.40. The van der Waals surface area contributed by atoms with Crippen molar-refractivity contribution in [3.8, 4) is 17.2 Å². The second-order valence-electron chi connectivity index (χ2n) is 4.04. The smallest absolute Gasteiger partial charge is 0.168 e. The summed E-state index contributed by atoms with van der Waals surface area (Å²) in [6, 6.07) is 8.16. The van der Waals surface area contributed by atoms with Crippen LogP contribution in [-0.2, 0) is 0 Å². The van der Waals surface area contributed by atoms with Crippen LogP contribution in [0.3, 0.4) is 0 Å². The predicted molar refractivity (Wildman–Crippen MR) is 76.3 cm³/mol. The van der Waals surface area contributed by atoms with Gasteiger partial charge in [0.1, 0.15) is 11.5 Å². The fraction of sp³-hybridized carbons (Fsp3) is 0.143. The zero-order valence-electron chi connectivity index (χ0n) is 10.5. The highest BCUT2D eigenvalue weighted by molar-refractivity contribution is 9.10. The summed E-state index contributed by atoms with van der Waals surface area (Å²) < 4.78 is 25.3. The van der Waals surface area contributed by atoms with Crippen molar-refractivity contribution in [3.05, 3.63) is 46.2 Å². The van der Waals surface area contributed by atoms with Crippen molar-refractivity contribution in [3.63, 3.8) is 0 Å². The van der Waals surface area contributed by atoms with Gasteiger partial charge in [-0.05, 0) is 24.6 Å². The quantitative estimate of drug-likeness (QED) is 0.856. The standard InChI is InChI=1S/C14H13BrFNO2/c1-8-3-4-9(15)5-12(8)19-13-7-14(18-2)11(17)6-10(13)16/h3-7H,17H2,1-2H3. The Morgan fingerprint density at radius 2 is 1.84 bits per heavy atom. The van der Waals surface area contributed by atoms with Gasteiger partial charge in [0.15, 0.2) is 11.6 Å². The zero-order valence-corrected chi connectivity index (χ0v) is 12.1. The summed E-state index contributed by atoms with van der Waals surface area (Å²) >= 11 is 3.35. The summed E-state index contributed by atoms with van der Waals surface area (Å²) in [4.78, 5) is 0. The average Bonchev–Trinajstić information content (AvgIpc) is 2.37. The molecule has 0 fully saturated rings. The van der Waals surface area contributed by atoms with Gasteiger partial charge in [-0.1, -0.05) is 22.0 Å². The average molecular weight is 326 g/mol. The van der Waals surface area contributed by atoms with Crippen LogP contribution in [0.5, 0.6) is 17.2 Å². The van der Waals surface area contributed by atoms with Crippen LogP contribution in [0, 0.1) is 12.7 Å². The molecule has 2 aromatic carbocycles. The highest BCUT2D eigenvalue weighted by Gasteiger charge is 2.12. The Morgan fingerprint density at radius 3 is 2.53 bits per heavy atom. The number of halogens is 2. The van der Waals surface area contributed by atoms with Crippen LogP contribution >= 0.6 is 15.9 Å². The number of nitrogens with two attached hydrogens (primary N) is 1. The molecule has 2 N–H and O–H groups in total. The van der Waals surface area contributed by atoms with Crippen LogP contribution in [0.2, 0.25) is 0 Å². The molecule has 0 aliphatic heterocycles. The minimum absolute atomic E-state index is 0.0762. The first kappa shape index (κ1) is 13.7. The molecule has 100 valence electrons. The van der Waals surface area contributed by atoms with E-state index in [1.165, 1.54) is 19.2 Å². The Morgan fingerprint density at radius 1 is 1.11 bits per heavy atom. The molecule has 0 unspecified atom stereocenters. The van der Waals surface area contributed by atoms with E-state index in [2.05, 4.69) is 15.9 Å². The van der Waals surface area contributed by atoms with Crippen molar-refractivity contribution < 1.29 is 13.9 Å². The van der Waals surface area contributed by atoms with Gasteiger partial charge in [0.2, 0.25) is 0 Å². The van der Waals surface area contributed by atoms with Crippen molar-refractivity contribution in [2.45, 2.75) is 6.92 Å². The first-order valence-electron chi connectivity index (χ1n) is 5.58. The number of anilines is 1. The van der Waals surface area contributed by atoms with Crippen molar-refractivity contribution in [1.82, 2.24) is 0 Å². The van der Waals surface area contributed by atoms with Gasteiger partial charge in [-0.2, -0.15) is 0 Å². The van der Waals surface area contributed by atoms with Crippen LogP contribution in [0.15, 0.2) is 34.8 Å². The van der Waals surface area contributed by atoms with Crippen LogP contribution in [0.1, 0.15) is 5.56 Å². The maximum atomic E-state index is 13.8. The number of nitrogen functional groups attached to an aromatic ring is 1. The Kier molecular flexibility index (Phi) is 3.95. The van der Waals surface area contributed by atoms with E-state index in [9.17, 15) is 4.39 Å². The normalized spacial score (nSPS) is 10.3. The number of hydrogen-bond acceptors (Lipinski definition) is 3. The van der Waals surface area contributed by atoms with Crippen molar-refractivity contribution in [1.29, 1.82) is 0 Å². The minimum Gasteiger partial charge on any atom is -0.494 e. The summed E-state index contributed by atoms with van der Waals surface area (Å²) in [5, 5.41) is 0. The summed E-state index contributed by atoms with van der Waals surface area (Å²) in [7, 11) is 1.47. The highest BCUT2D eigenvalue weighted by atomic mass is 79.9. The van der Waals surface area contributed by atoms with Gasteiger partial charge in [-0.3, -0.25) is 0 Å². The first-order valence-corrected chi connectivity index (χ1v) is 6.37. The molecule has 0 aromatic heterocycles. The second-order valence-corrected chi connectivity index (χ2v) is 4.95. The molecule has 5 heteroatoms. The summed E-state index contributed by atoms with van der Waals surface area (Å²) in [6.45, 7) is 1.88. The van der Waals surface area contributed by atoms with Crippen molar-refractivity contribution in [2.24, 2.45) is 0 Å². The van der Waals surface area contributed by atoms with E-state index < -0.39 is 5.82 Å². The van der Waals surface area contributed by atoms with E-state index >= 15 is 0 Å². The lowest BCUT2D eigenvalue weighted by Crippen LogP contribution is -1.97. The molecule has 0 heterocycles. The number of ether oxygens (including phenoxy) is 2. The summed E-state index contributed by atoms with van der Waals surface area (Å²) in [5.41, 5.74) is 6.76. The number of benzene rings is 2.